The largest absolute Gasteiger partial charge is 0.493 e. The van der Waals surface area contributed by atoms with Gasteiger partial charge in [-0.3, -0.25) is 0 Å². The first-order valence-electron chi connectivity index (χ1n) is 7.48. The van der Waals surface area contributed by atoms with Crippen LogP contribution in [-0.2, 0) is 0 Å². The van der Waals surface area contributed by atoms with Crippen LogP contribution in [0.5, 0.6) is 5.75 Å². The van der Waals surface area contributed by atoms with Crippen LogP contribution < -0.4 is 4.74 Å². The Balaban J connectivity index is 2.30. The summed E-state index contributed by atoms with van der Waals surface area (Å²) in [6.45, 7) is 6.90. The fourth-order valence-electron chi connectivity index (χ4n) is 3.18. The van der Waals surface area contributed by atoms with Crippen molar-refractivity contribution < 1.29 is 9.84 Å². The number of rotatable bonds is 4. The van der Waals surface area contributed by atoms with Crippen LogP contribution >= 0.6 is 0 Å². The van der Waals surface area contributed by atoms with Crippen molar-refractivity contribution in [2.75, 3.05) is 6.61 Å². The van der Waals surface area contributed by atoms with Gasteiger partial charge >= 0.3 is 0 Å². The molecule has 2 heteroatoms. The molecule has 106 valence electrons. The minimum absolute atomic E-state index is 0.00209. The summed E-state index contributed by atoms with van der Waals surface area (Å²) in [5.74, 6) is 0.840. The Hall–Kier alpha value is -1.02. The van der Waals surface area contributed by atoms with E-state index in [1.54, 1.807) is 0 Å². The maximum Gasteiger partial charge on any atom is 0.125 e. The van der Waals surface area contributed by atoms with Crippen LogP contribution in [-0.4, -0.2) is 11.7 Å². The Labute approximate surface area is 116 Å². The van der Waals surface area contributed by atoms with Gasteiger partial charge < -0.3 is 9.84 Å². The minimum Gasteiger partial charge on any atom is -0.493 e. The molecule has 1 aromatic carbocycles. The summed E-state index contributed by atoms with van der Waals surface area (Å²) < 4.78 is 5.69. The van der Waals surface area contributed by atoms with Gasteiger partial charge in [-0.25, -0.2) is 0 Å². The maximum absolute atomic E-state index is 10.9. The predicted molar refractivity (Wildman–Crippen MR) is 78.5 cm³/mol. The van der Waals surface area contributed by atoms with Gasteiger partial charge in [0.1, 0.15) is 5.75 Å². The summed E-state index contributed by atoms with van der Waals surface area (Å²) in [7, 11) is 0. The molecule has 0 saturated heterocycles. The summed E-state index contributed by atoms with van der Waals surface area (Å²) >= 11 is 0. The van der Waals surface area contributed by atoms with Gasteiger partial charge in [-0.05, 0) is 44.2 Å². The number of hydrogen-bond acceptors (Lipinski definition) is 2. The number of hydrogen-bond donors (Lipinski definition) is 1. The van der Waals surface area contributed by atoms with Gasteiger partial charge in [0, 0.05) is 5.56 Å². The highest BCUT2D eigenvalue weighted by Gasteiger charge is 2.36. The summed E-state index contributed by atoms with van der Waals surface area (Å²) in [5, 5.41) is 10.9. The molecule has 0 bridgehead atoms. The summed E-state index contributed by atoms with van der Waals surface area (Å²) in [6, 6.07) is 6.11. The molecule has 1 aromatic rings. The second-order valence-electron chi connectivity index (χ2n) is 6.09. The third-order valence-electron chi connectivity index (χ3n) is 4.42. The Morgan fingerprint density at radius 2 is 1.95 bits per heavy atom. The standard InChI is InChI=1S/C17H26O2/c1-4-19-15-9-8-13(2)12-14(15)16(18)17(3)10-6-5-7-11-17/h8-9,12,16,18H,4-7,10-11H2,1-3H3. The fourth-order valence-corrected chi connectivity index (χ4v) is 3.18. The van der Waals surface area contributed by atoms with E-state index in [0.717, 1.165) is 24.2 Å². The zero-order valence-corrected chi connectivity index (χ0v) is 12.4. The van der Waals surface area contributed by atoms with E-state index in [-0.39, 0.29) is 5.41 Å². The average molecular weight is 262 g/mol. The molecule has 1 unspecified atom stereocenters. The normalized spacial score (nSPS) is 20.0. The Kier molecular flexibility index (Phi) is 4.51. The molecular formula is C17H26O2. The van der Waals surface area contributed by atoms with E-state index < -0.39 is 6.10 Å². The van der Waals surface area contributed by atoms with E-state index in [1.807, 2.05) is 19.1 Å². The quantitative estimate of drug-likeness (QED) is 0.871. The molecule has 0 aromatic heterocycles. The molecule has 1 aliphatic rings. The molecule has 1 saturated carbocycles. The highest BCUT2D eigenvalue weighted by Crippen LogP contribution is 2.47. The van der Waals surface area contributed by atoms with E-state index in [2.05, 4.69) is 19.9 Å². The van der Waals surface area contributed by atoms with E-state index in [1.165, 1.54) is 24.8 Å². The van der Waals surface area contributed by atoms with Gasteiger partial charge in [-0.2, -0.15) is 0 Å². The van der Waals surface area contributed by atoms with Gasteiger partial charge in [0.15, 0.2) is 0 Å². The molecule has 2 nitrogen and oxygen atoms in total. The molecule has 0 heterocycles. The lowest BCUT2D eigenvalue weighted by molar-refractivity contribution is 0.00638. The van der Waals surface area contributed by atoms with Gasteiger partial charge in [-0.15, -0.1) is 0 Å². The minimum atomic E-state index is -0.422. The van der Waals surface area contributed by atoms with E-state index in [0.29, 0.717) is 6.61 Å². The second kappa shape index (κ2) is 5.96. The van der Waals surface area contributed by atoms with Crippen molar-refractivity contribution in [1.82, 2.24) is 0 Å². The monoisotopic (exact) mass is 262 g/mol. The van der Waals surface area contributed by atoms with Gasteiger partial charge in [0.25, 0.3) is 0 Å². The van der Waals surface area contributed by atoms with E-state index in [4.69, 9.17) is 4.74 Å². The first-order chi connectivity index (χ1) is 9.07. The molecular weight excluding hydrogens is 236 g/mol. The number of aliphatic hydroxyl groups excluding tert-OH is 1. The lowest BCUT2D eigenvalue weighted by Crippen LogP contribution is -2.28. The van der Waals surface area contributed by atoms with E-state index in [9.17, 15) is 5.11 Å². The van der Waals surface area contributed by atoms with Crippen molar-refractivity contribution in [3.05, 3.63) is 29.3 Å². The molecule has 1 N–H and O–H groups in total. The number of aliphatic hydroxyl groups is 1. The van der Waals surface area contributed by atoms with Gasteiger partial charge in [0.2, 0.25) is 0 Å². The van der Waals surface area contributed by atoms with Crippen molar-refractivity contribution in [3.63, 3.8) is 0 Å². The van der Waals surface area contributed by atoms with Crippen LogP contribution in [0.2, 0.25) is 0 Å². The summed E-state index contributed by atoms with van der Waals surface area (Å²) in [6.07, 6.45) is 5.54. The molecule has 0 aliphatic heterocycles. The molecule has 0 amide bonds. The van der Waals surface area contributed by atoms with Crippen LogP contribution in [0, 0.1) is 12.3 Å². The van der Waals surface area contributed by atoms with Crippen LogP contribution in [0.4, 0.5) is 0 Å². The average Bonchev–Trinajstić information content (AvgIpc) is 2.41. The third kappa shape index (κ3) is 3.11. The lowest BCUT2D eigenvalue weighted by atomic mass is 9.70. The molecule has 19 heavy (non-hydrogen) atoms. The Morgan fingerprint density at radius 3 is 2.58 bits per heavy atom. The van der Waals surface area contributed by atoms with Crippen LogP contribution in [0.1, 0.15) is 63.2 Å². The highest BCUT2D eigenvalue weighted by atomic mass is 16.5. The fraction of sp³-hybridized carbons (Fsp3) is 0.647. The third-order valence-corrected chi connectivity index (χ3v) is 4.42. The molecule has 1 atom stereocenters. The Morgan fingerprint density at radius 1 is 1.26 bits per heavy atom. The first-order valence-corrected chi connectivity index (χ1v) is 7.48. The van der Waals surface area contributed by atoms with Gasteiger partial charge in [0.05, 0.1) is 12.7 Å². The smallest absolute Gasteiger partial charge is 0.125 e. The summed E-state index contributed by atoms with van der Waals surface area (Å²) in [5.41, 5.74) is 2.14. The predicted octanol–water partition coefficient (Wildman–Crippen LogP) is 4.40. The highest BCUT2D eigenvalue weighted by molar-refractivity contribution is 5.39. The number of ether oxygens (including phenoxy) is 1. The SMILES string of the molecule is CCOc1ccc(C)cc1C(O)C1(C)CCCCC1. The zero-order valence-electron chi connectivity index (χ0n) is 12.4. The van der Waals surface area contributed by atoms with Crippen LogP contribution in [0.15, 0.2) is 18.2 Å². The van der Waals surface area contributed by atoms with E-state index >= 15 is 0 Å². The Bertz CT molecular complexity index is 419. The van der Waals surface area contributed by atoms with Crippen LogP contribution in [0.3, 0.4) is 0 Å². The van der Waals surface area contributed by atoms with Gasteiger partial charge in [-0.1, -0.05) is 37.8 Å². The first kappa shape index (κ1) is 14.4. The van der Waals surface area contributed by atoms with Crippen LogP contribution in [0.25, 0.3) is 0 Å². The molecule has 1 aliphatic carbocycles. The molecule has 1 fully saturated rings. The van der Waals surface area contributed by atoms with Crippen molar-refractivity contribution in [2.45, 2.75) is 59.0 Å². The molecule has 2 rings (SSSR count). The lowest BCUT2D eigenvalue weighted by Gasteiger charge is -2.38. The van der Waals surface area contributed by atoms with Crippen molar-refractivity contribution in [3.8, 4) is 5.75 Å². The molecule has 0 radical (unpaired) electrons. The van der Waals surface area contributed by atoms with Crippen molar-refractivity contribution in [1.29, 1.82) is 0 Å². The zero-order chi connectivity index (χ0) is 13.9. The van der Waals surface area contributed by atoms with Crippen molar-refractivity contribution >= 4 is 0 Å². The number of aryl methyl sites for hydroxylation is 1. The molecule has 0 spiro atoms. The topological polar surface area (TPSA) is 29.5 Å². The maximum atomic E-state index is 10.9. The second-order valence-corrected chi connectivity index (χ2v) is 6.09. The number of benzene rings is 1. The summed E-state index contributed by atoms with van der Waals surface area (Å²) in [4.78, 5) is 0. The van der Waals surface area contributed by atoms with Crippen molar-refractivity contribution in [2.24, 2.45) is 5.41 Å².